The number of amides is 1. The summed E-state index contributed by atoms with van der Waals surface area (Å²) in [4.78, 5) is 24.4. The fourth-order valence-corrected chi connectivity index (χ4v) is 7.68. The second kappa shape index (κ2) is 48.7. The summed E-state index contributed by atoms with van der Waals surface area (Å²) < 4.78 is 5.43. The summed E-state index contributed by atoms with van der Waals surface area (Å²) in [6.45, 7) is 4.84. The summed E-state index contributed by atoms with van der Waals surface area (Å²) in [6, 6.07) is -0.634. The number of ether oxygens (including phenoxy) is 1. The Morgan fingerprint density at radius 2 is 0.831 bits per heavy atom. The Hall–Kier alpha value is -1.92. The molecule has 2 atom stereocenters. The van der Waals surface area contributed by atoms with E-state index in [0.29, 0.717) is 19.4 Å². The van der Waals surface area contributed by atoms with Gasteiger partial charge in [-0.1, -0.05) is 224 Å². The largest absolute Gasteiger partial charge is 0.466 e. The molecule has 0 saturated carbocycles. The van der Waals surface area contributed by atoms with Gasteiger partial charge in [0.15, 0.2) is 0 Å². The SMILES string of the molecule is CCCCCCCCCCC/C=C/C(O)C(CO)NC(=O)CCCCCCCCCCCC/C=C\C=C/CCCCCOC(=O)CCCCCCCCCCCCCC. The minimum Gasteiger partial charge on any atom is -0.466 e. The summed E-state index contributed by atoms with van der Waals surface area (Å²) in [5.74, 6) is -0.0941. The van der Waals surface area contributed by atoms with E-state index in [9.17, 15) is 19.8 Å². The van der Waals surface area contributed by atoms with E-state index >= 15 is 0 Å². The summed E-state index contributed by atoms with van der Waals surface area (Å²) in [7, 11) is 0. The molecule has 0 saturated heterocycles. The van der Waals surface area contributed by atoms with Gasteiger partial charge in [-0.2, -0.15) is 0 Å². The van der Waals surface area contributed by atoms with Gasteiger partial charge < -0.3 is 20.3 Å². The fraction of sp³-hybridized carbons (Fsp3) is 0.849. The van der Waals surface area contributed by atoms with Gasteiger partial charge in [-0.3, -0.25) is 9.59 Å². The zero-order valence-electron chi connectivity index (χ0n) is 39.2. The molecule has 6 nitrogen and oxygen atoms in total. The van der Waals surface area contributed by atoms with Crippen LogP contribution in [0.25, 0.3) is 0 Å². The molecule has 0 aliphatic heterocycles. The first-order chi connectivity index (χ1) is 29.0. The van der Waals surface area contributed by atoms with Crippen LogP contribution in [-0.4, -0.2) is 47.4 Å². The van der Waals surface area contributed by atoms with Crippen LogP contribution in [0, 0.1) is 0 Å². The molecule has 2 unspecified atom stereocenters. The van der Waals surface area contributed by atoms with Crippen molar-refractivity contribution < 1.29 is 24.5 Å². The second-order valence-electron chi connectivity index (χ2n) is 17.5. The molecular weight excluding hydrogens is 731 g/mol. The highest BCUT2D eigenvalue weighted by atomic mass is 16.5. The zero-order valence-corrected chi connectivity index (χ0v) is 39.2. The molecule has 0 spiro atoms. The average molecular weight is 830 g/mol. The van der Waals surface area contributed by atoms with Crippen molar-refractivity contribution in [3.05, 3.63) is 36.5 Å². The van der Waals surface area contributed by atoms with Crippen LogP contribution in [0.1, 0.15) is 264 Å². The maximum absolute atomic E-state index is 12.4. The Morgan fingerprint density at radius 3 is 1.25 bits per heavy atom. The minimum atomic E-state index is -0.849. The van der Waals surface area contributed by atoms with Crippen molar-refractivity contribution >= 4 is 11.9 Å². The van der Waals surface area contributed by atoms with Crippen LogP contribution in [0.3, 0.4) is 0 Å². The number of nitrogens with one attached hydrogen (secondary N) is 1. The number of unbranched alkanes of at least 4 members (excludes halogenated alkanes) is 33. The standard InChI is InChI=1S/C53H99NO5/c1-3-5-7-9-11-13-15-27-31-35-39-43-47-53(58)59-48-44-40-36-32-28-24-22-20-18-16-17-19-21-23-26-30-34-38-42-46-52(57)54-50(49-55)51(56)45-41-37-33-29-25-14-12-10-8-6-4-2/h20,22,24,28,41,45,50-51,55-56H,3-19,21,23,25-27,29-40,42-44,46-49H2,1-2H3,(H,54,57)/b22-20-,28-24-,45-41+. The number of esters is 1. The number of carbonyl (C=O) groups is 2. The first-order valence-corrected chi connectivity index (χ1v) is 25.8. The van der Waals surface area contributed by atoms with Crippen LogP contribution in [0.2, 0.25) is 0 Å². The van der Waals surface area contributed by atoms with Crippen molar-refractivity contribution in [2.24, 2.45) is 0 Å². The van der Waals surface area contributed by atoms with Gasteiger partial charge in [0.25, 0.3) is 0 Å². The Labute approximate surface area is 366 Å². The van der Waals surface area contributed by atoms with Gasteiger partial charge in [0.1, 0.15) is 0 Å². The normalized spacial score (nSPS) is 12.9. The maximum atomic E-state index is 12.4. The molecule has 6 heteroatoms. The monoisotopic (exact) mass is 830 g/mol. The molecule has 0 aromatic rings. The molecule has 0 aromatic carbocycles. The lowest BCUT2D eigenvalue weighted by molar-refractivity contribution is -0.143. The first-order valence-electron chi connectivity index (χ1n) is 25.8. The van der Waals surface area contributed by atoms with Crippen LogP contribution in [0.15, 0.2) is 36.5 Å². The maximum Gasteiger partial charge on any atom is 0.305 e. The highest BCUT2D eigenvalue weighted by molar-refractivity contribution is 5.76. The summed E-state index contributed by atoms with van der Waals surface area (Å²) >= 11 is 0. The summed E-state index contributed by atoms with van der Waals surface area (Å²) in [6.07, 6.45) is 58.6. The molecule has 0 aliphatic rings. The van der Waals surface area contributed by atoms with E-state index in [-0.39, 0.29) is 18.5 Å². The number of allylic oxidation sites excluding steroid dienone is 5. The molecule has 0 aliphatic carbocycles. The van der Waals surface area contributed by atoms with Crippen LogP contribution in [0.5, 0.6) is 0 Å². The topological polar surface area (TPSA) is 95.9 Å². The van der Waals surface area contributed by atoms with E-state index in [2.05, 4.69) is 43.5 Å². The van der Waals surface area contributed by atoms with Gasteiger partial charge in [0, 0.05) is 12.8 Å². The van der Waals surface area contributed by atoms with Crippen LogP contribution in [0.4, 0.5) is 0 Å². The Bertz CT molecular complexity index is 962. The molecule has 1 amide bonds. The smallest absolute Gasteiger partial charge is 0.305 e. The van der Waals surface area contributed by atoms with Crippen molar-refractivity contribution in [2.45, 2.75) is 276 Å². The van der Waals surface area contributed by atoms with Gasteiger partial charge in [-0.25, -0.2) is 0 Å². The van der Waals surface area contributed by atoms with Crippen molar-refractivity contribution in [3.8, 4) is 0 Å². The van der Waals surface area contributed by atoms with Gasteiger partial charge in [0.05, 0.1) is 25.4 Å². The highest BCUT2D eigenvalue weighted by Crippen LogP contribution is 2.15. The Kier molecular flexibility index (Phi) is 47.2. The third-order valence-corrected chi connectivity index (χ3v) is 11.7. The fourth-order valence-electron chi connectivity index (χ4n) is 7.68. The third kappa shape index (κ3) is 45.4. The molecule has 0 bridgehead atoms. The minimum absolute atomic E-state index is 0.0142. The molecule has 0 rings (SSSR count). The molecule has 346 valence electrons. The zero-order chi connectivity index (χ0) is 43.0. The third-order valence-electron chi connectivity index (χ3n) is 11.7. The summed E-state index contributed by atoms with van der Waals surface area (Å²) in [5, 5.41) is 23.0. The molecule has 0 aromatic heterocycles. The molecule has 3 N–H and O–H groups in total. The molecular formula is C53H99NO5. The Balaban J connectivity index is 3.50. The lowest BCUT2D eigenvalue weighted by Crippen LogP contribution is -2.45. The van der Waals surface area contributed by atoms with E-state index < -0.39 is 12.1 Å². The van der Waals surface area contributed by atoms with Crippen molar-refractivity contribution in [2.75, 3.05) is 13.2 Å². The average Bonchev–Trinajstić information content (AvgIpc) is 3.24. The van der Waals surface area contributed by atoms with Gasteiger partial charge >= 0.3 is 5.97 Å². The van der Waals surface area contributed by atoms with Crippen LogP contribution < -0.4 is 5.32 Å². The molecule has 0 heterocycles. The van der Waals surface area contributed by atoms with E-state index in [0.717, 1.165) is 77.0 Å². The van der Waals surface area contributed by atoms with E-state index in [1.54, 1.807) is 6.08 Å². The number of hydrogen-bond acceptors (Lipinski definition) is 5. The quantitative estimate of drug-likeness (QED) is 0.0246. The van der Waals surface area contributed by atoms with Gasteiger partial charge in [-0.05, 0) is 64.2 Å². The van der Waals surface area contributed by atoms with Crippen LogP contribution >= 0.6 is 0 Å². The predicted molar refractivity (Wildman–Crippen MR) is 255 cm³/mol. The predicted octanol–water partition coefficient (Wildman–Crippen LogP) is 15.3. The summed E-state index contributed by atoms with van der Waals surface area (Å²) in [5.41, 5.74) is 0. The number of hydrogen-bond donors (Lipinski definition) is 3. The lowest BCUT2D eigenvalue weighted by Gasteiger charge is -2.20. The molecule has 59 heavy (non-hydrogen) atoms. The highest BCUT2D eigenvalue weighted by Gasteiger charge is 2.18. The van der Waals surface area contributed by atoms with E-state index in [1.165, 1.54) is 161 Å². The molecule has 0 fully saturated rings. The number of carbonyl (C=O) groups excluding carboxylic acids is 2. The Morgan fingerprint density at radius 1 is 0.475 bits per heavy atom. The molecule has 0 radical (unpaired) electrons. The van der Waals surface area contributed by atoms with Crippen molar-refractivity contribution in [3.63, 3.8) is 0 Å². The number of aliphatic hydroxyl groups excluding tert-OH is 2. The van der Waals surface area contributed by atoms with Crippen molar-refractivity contribution in [1.29, 1.82) is 0 Å². The van der Waals surface area contributed by atoms with Gasteiger partial charge in [0.2, 0.25) is 5.91 Å². The second-order valence-corrected chi connectivity index (χ2v) is 17.5. The van der Waals surface area contributed by atoms with E-state index in [1.807, 2.05) is 6.08 Å². The first kappa shape index (κ1) is 57.1. The van der Waals surface area contributed by atoms with Crippen LogP contribution in [-0.2, 0) is 14.3 Å². The number of aliphatic hydroxyl groups is 2. The lowest BCUT2D eigenvalue weighted by atomic mass is 10.0. The van der Waals surface area contributed by atoms with Gasteiger partial charge in [-0.15, -0.1) is 0 Å². The van der Waals surface area contributed by atoms with E-state index in [4.69, 9.17) is 4.74 Å². The number of rotatable bonds is 47. The van der Waals surface area contributed by atoms with Crippen molar-refractivity contribution in [1.82, 2.24) is 5.32 Å².